The molecule has 2 aromatic heterocycles. The van der Waals surface area contributed by atoms with Gasteiger partial charge in [0.1, 0.15) is 11.3 Å². The number of aliphatic hydroxyl groups excluding tert-OH is 2. The van der Waals surface area contributed by atoms with E-state index in [2.05, 4.69) is 31.1 Å². The van der Waals surface area contributed by atoms with Gasteiger partial charge in [-0.15, -0.1) is 0 Å². The monoisotopic (exact) mass is 291 g/mol. The highest BCUT2D eigenvalue weighted by Crippen LogP contribution is 2.22. The summed E-state index contributed by atoms with van der Waals surface area (Å²) in [6, 6.07) is 3.19. The lowest BCUT2D eigenvalue weighted by Gasteiger charge is -2.19. The van der Waals surface area contributed by atoms with Gasteiger partial charge in [-0.1, -0.05) is 26.8 Å². The standard InChI is InChI=1S/C15H21N3O3/c1-15(2,3)10-4-5-13-16-6-12(18(13)7-10)14(21)17-11(8-19)9-20/h4-7,11,19-20H,8-9H2,1-3H3,(H,17,21). The lowest BCUT2D eigenvalue weighted by molar-refractivity contribution is 0.0873. The topological polar surface area (TPSA) is 86.9 Å². The van der Waals surface area contributed by atoms with Crippen LogP contribution in [-0.4, -0.2) is 44.8 Å². The second kappa shape index (κ2) is 5.83. The van der Waals surface area contributed by atoms with Gasteiger partial charge in [0, 0.05) is 6.20 Å². The van der Waals surface area contributed by atoms with Crippen molar-refractivity contribution < 1.29 is 15.0 Å². The van der Waals surface area contributed by atoms with Gasteiger partial charge in [-0.3, -0.25) is 9.20 Å². The van der Waals surface area contributed by atoms with Gasteiger partial charge in [-0.25, -0.2) is 4.98 Å². The Labute approximate surface area is 123 Å². The molecule has 0 radical (unpaired) electrons. The van der Waals surface area contributed by atoms with Crippen LogP contribution in [0.4, 0.5) is 0 Å². The van der Waals surface area contributed by atoms with Gasteiger partial charge in [0.05, 0.1) is 25.5 Å². The SMILES string of the molecule is CC(C)(C)c1ccc2ncc(C(=O)NC(CO)CO)n2c1. The Morgan fingerprint density at radius 1 is 1.33 bits per heavy atom. The van der Waals surface area contributed by atoms with E-state index in [4.69, 9.17) is 10.2 Å². The van der Waals surface area contributed by atoms with E-state index in [-0.39, 0.29) is 24.5 Å². The van der Waals surface area contributed by atoms with Crippen molar-refractivity contribution in [3.05, 3.63) is 35.8 Å². The van der Waals surface area contributed by atoms with E-state index in [1.165, 1.54) is 6.20 Å². The number of aliphatic hydroxyl groups is 2. The van der Waals surface area contributed by atoms with Crippen LogP contribution in [0.1, 0.15) is 36.8 Å². The third-order valence-corrected chi connectivity index (χ3v) is 3.38. The van der Waals surface area contributed by atoms with Crippen LogP contribution >= 0.6 is 0 Å². The first-order valence-corrected chi connectivity index (χ1v) is 6.87. The number of hydrogen-bond acceptors (Lipinski definition) is 4. The predicted octanol–water partition coefficient (Wildman–Crippen LogP) is 0.715. The zero-order valence-electron chi connectivity index (χ0n) is 12.5. The fourth-order valence-electron chi connectivity index (χ4n) is 2.00. The minimum atomic E-state index is -0.672. The number of imidazole rings is 1. The van der Waals surface area contributed by atoms with Crippen molar-refractivity contribution in [2.45, 2.75) is 32.2 Å². The minimum absolute atomic E-state index is 0.0368. The normalized spacial score (nSPS) is 12.1. The van der Waals surface area contributed by atoms with Crippen LogP contribution in [0.25, 0.3) is 5.65 Å². The first kappa shape index (κ1) is 15.5. The molecule has 1 amide bonds. The largest absolute Gasteiger partial charge is 0.394 e. The van der Waals surface area contributed by atoms with Crippen LogP contribution in [0, 0.1) is 0 Å². The van der Waals surface area contributed by atoms with Crippen LogP contribution in [-0.2, 0) is 5.41 Å². The Morgan fingerprint density at radius 3 is 2.57 bits per heavy atom. The highest BCUT2D eigenvalue weighted by molar-refractivity contribution is 5.93. The fraction of sp³-hybridized carbons (Fsp3) is 0.467. The summed E-state index contributed by atoms with van der Waals surface area (Å²) < 4.78 is 1.72. The zero-order chi connectivity index (χ0) is 15.6. The number of nitrogens with one attached hydrogen (secondary N) is 1. The molecule has 2 heterocycles. The Kier molecular flexibility index (Phi) is 4.29. The van der Waals surface area contributed by atoms with E-state index < -0.39 is 6.04 Å². The van der Waals surface area contributed by atoms with Gasteiger partial charge < -0.3 is 15.5 Å². The van der Waals surface area contributed by atoms with Crippen molar-refractivity contribution >= 4 is 11.6 Å². The zero-order valence-corrected chi connectivity index (χ0v) is 12.5. The maximum absolute atomic E-state index is 12.2. The van der Waals surface area contributed by atoms with Crippen molar-refractivity contribution in [3.63, 3.8) is 0 Å². The molecule has 0 unspecified atom stereocenters. The van der Waals surface area contributed by atoms with Crippen LogP contribution in [0.15, 0.2) is 24.5 Å². The summed E-state index contributed by atoms with van der Waals surface area (Å²) in [6.07, 6.45) is 3.38. The summed E-state index contributed by atoms with van der Waals surface area (Å²) >= 11 is 0. The number of fused-ring (bicyclic) bond motifs is 1. The molecule has 0 atom stereocenters. The van der Waals surface area contributed by atoms with Gasteiger partial charge in [-0.2, -0.15) is 0 Å². The molecule has 2 aromatic rings. The maximum atomic E-state index is 12.2. The Balaban J connectivity index is 2.38. The van der Waals surface area contributed by atoms with Gasteiger partial charge in [0.2, 0.25) is 0 Å². The van der Waals surface area contributed by atoms with Gasteiger partial charge in [0.25, 0.3) is 5.91 Å². The number of carbonyl (C=O) groups excluding carboxylic acids is 1. The Morgan fingerprint density at radius 2 is 2.00 bits per heavy atom. The van der Waals surface area contributed by atoms with Gasteiger partial charge >= 0.3 is 0 Å². The molecular formula is C15H21N3O3. The number of rotatable bonds is 4. The molecule has 21 heavy (non-hydrogen) atoms. The molecule has 3 N–H and O–H groups in total. The highest BCUT2D eigenvalue weighted by atomic mass is 16.3. The van der Waals surface area contributed by atoms with Crippen molar-refractivity contribution in [2.75, 3.05) is 13.2 Å². The number of aromatic nitrogens is 2. The van der Waals surface area contributed by atoms with E-state index in [1.54, 1.807) is 4.40 Å². The first-order chi connectivity index (χ1) is 9.86. The molecule has 6 nitrogen and oxygen atoms in total. The molecule has 0 aliphatic rings. The summed E-state index contributed by atoms with van der Waals surface area (Å²) in [5.74, 6) is -0.373. The van der Waals surface area contributed by atoms with E-state index in [1.807, 2.05) is 18.3 Å². The second-order valence-corrected chi connectivity index (χ2v) is 6.07. The van der Waals surface area contributed by atoms with Crippen LogP contribution in [0.2, 0.25) is 0 Å². The van der Waals surface area contributed by atoms with E-state index in [0.29, 0.717) is 11.3 Å². The fourth-order valence-corrected chi connectivity index (χ4v) is 2.00. The molecule has 6 heteroatoms. The van der Waals surface area contributed by atoms with Crippen LogP contribution in [0.5, 0.6) is 0 Å². The Hall–Kier alpha value is -1.92. The molecule has 0 spiro atoms. The van der Waals surface area contributed by atoms with Crippen molar-refractivity contribution in [2.24, 2.45) is 0 Å². The molecule has 2 rings (SSSR count). The highest BCUT2D eigenvalue weighted by Gasteiger charge is 2.19. The van der Waals surface area contributed by atoms with Crippen molar-refractivity contribution in [3.8, 4) is 0 Å². The van der Waals surface area contributed by atoms with E-state index >= 15 is 0 Å². The minimum Gasteiger partial charge on any atom is -0.394 e. The number of amides is 1. The smallest absolute Gasteiger partial charge is 0.270 e. The summed E-state index contributed by atoms with van der Waals surface area (Å²) in [5, 5.41) is 20.6. The van der Waals surface area contributed by atoms with Gasteiger partial charge in [-0.05, 0) is 17.0 Å². The second-order valence-electron chi connectivity index (χ2n) is 6.07. The first-order valence-electron chi connectivity index (χ1n) is 6.87. The maximum Gasteiger partial charge on any atom is 0.270 e. The van der Waals surface area contributed by atoms with Gasteiger partial charge in [0.15, 0.2) is 0 Å². The summed E-state index contributed by atoms with van der Waals surface area (Å²) in [5.41, 5.74) is 2.11. The third-order valence-electron chi connectivity index (χ3n) is 3.38. The molecule has 0 aliphatic carbocycles. The predicted molar refractivity (Wildman–Crippen MR) is 79.3 cm³/mol. The summed E-state index contributed by atoms with van der Waals surface area (Å²) in [7, 11) is 0. The lowest BCUT2D eigenvalue weighted by Crippen LogP contribution is -2.40. The molecule has 0 aliphatic heterocycles. The Bertz CT molecular complexity index is 639. The number of nitrogens with zero attached hydrogens (tertiary/aromatic N) is 2. The van der Waals surface area contributed by atoms with E-state index in [0.717, 1.165) is 5.56 Å². The lowest BCUT2D eigenvalue weighted by atomic mass is 9.88. The summed E-state index contributed by atoms with van der Waals surface area (Å²) in [6.45, 7) is 5.66. The molecule has 0 aromatic carbocycles. The molecule has 0 fully saturated rings. The third kappa shape index (κ3) is 3.22. The number of carbonyl (C=O) groups is 1. The average Bonchev–Trinajstić information content (AvgIpc) is 2.86. The van der Waals surface area contributed by atoms with Crippen molar-refractivity contribution in [1.82, 2.24) is 14.7 Å². The molecular weight excluding hydrogens is 270 g/mol. The molecule has 0 saturated carbocycles. The average molecular weight is 291 g/mol. The van der Waals surface area contributed by atoms with Crippen molar-refractivity contribution in [1.29, 1.82) is 0 Å². The molecule has 0 bridgehead atoms. The van der Waals surface area contributed by atoms with Crippen LogP contribution < -0.4 is 5.32 Å². The number of pyridine rings is 1. The van der Waals surface area contributed by atoms with Crippen LogP contribution in [0.3, 0.4) is 0 Å². The number of hydrogen-bond donors (Lipinski definition) is 3. The molecule has 114 valence electrons. The van der Waals surface area contributed by atoms with E-state index in [9.17, 15) is 4.79 Å². The molecule has 0 saturated heterocycles. The summed E-state index contributed by atoms with van der Waals surface area (Å²) in [4.78, 5) is 16.4. The quantitative estimate of drug-likeness (QED) is 0.774.